The maximum Gasteiger partial charge on any atom is 0.157 e. The first-order valence-electron chi connectivity index (χ1n) is 6.05. The van der Waals surface area contributed by atoms with E-state index in [0.717, 1.165) is 33.3 Å². The number of imidazole rings is 1. The molecule has 3 heterocycles. The summed E-state index contributed by atoms with van der Waals surface area (Å²) in [5.74, 6) is 0.772. The van der Waals surface area contributed by atoms with E-state index in [4.69, 9.17) is 0 Å². The van der Waals surface area contributed by atoms with Gasteiger partial charge in [-0.1, -0.05) is 24.3 Å². The van der Waals surface area contributed by atoms with Gasteiger partial charge in [0, 0.05) is 17.8 Å². The first-order chi connectivity index (χ1) is 9.40. The van der Waals surface area contributed by atoms with Crippen LogP contribution in [-0.4, -0.2) is 19.9 Å². The molecular weight excluding hydrogens is 236 g/mol. The monoisotopic (exact) mass is 246 g/mol. The molecule has 4 heteroatoms. The lowest BCUT2D eigenvalue weighted by Gasteiger charge is -1.99. The SMILES string of the molecule is c1ccc2cc(-c3nc4ccncc4[nH]3)ncc2c1. The summed E-state index contributed by atoms with van der Waals surface area (Å²) in [6.45, 7) is 0. The van der Waals surface area contributed by atoms with Crippen LogP contribution in [0.5, 0.6) is 0 Å². The summed E-state index contributed by atoms with van der Waals surface area (Å²) < 4.78 is 0. The summed E-state index contributed by atoms with van der Waals surface area (Å²) in [5.41, 5.74) is 2.67. The molecule has 0 saturated heterocycles. The lowest BCUT2D eigenvalue weighted by Crippen LogP contribution is -1.85. The Labute approximate surface area is 109 Å². The smallest absolute Gasteiger partial charge is 0.157 e. The third-order valence-electron chi connectivity index (χ3n) is 3.16. The van der Waals surface area contributed by atoms with Gasteiger partial charge < -0.3 is 4.98 Å². The molecule has 0 radical (unpaired) electrons. The summed E-state index contributed by atoms with van der Waals surface area (Å²) >= 11 is 0. The van der Waals surface area contributed by atoms with Crippen LogP contribution in [0.15, 0.2) is 55.0 Å². The Morgan fingerprint density at radius 2 is 1.84 bits per heavy atom. The normalized spacial score (nSPS) is 11.2. The first kappa shape index (κ1) is 10.2. The van der Waals surface area contributed by atoms with E-state index < -0.39 is 0 Å². The van der Waals surface area contributed by atoms with Crippen LogP contribution in [0.25, 0.3) is 33.3 Å². The highest BCUT2D eigenvalue weighted by atomic mass is 15.0. The molecule has 0 amide bonds. The lowest BCUT2D eigenvalue weighted by atomic mass is 10.1. The largest absolute Gasteiger partial charge is 0.335 e. The van der Waals surface area contributed by atoms with Crippen molar-refractivity contribution in [1.82, 2.24) is 19.9 Å². The molecule has 4 rings (SSSR count). The van der Waals surface area contributed by atoms with E-state index in [0.29, 0.717) is 0 Å². The number of H-pyrrole nitrogens is 1. The number of hydrogen-bond acceptors (Lipinski definition) is 3. The average molecular weight is 246 g/mol. The highest BCUT2D eigenvalue weighted by Gasteiger charge is 2.06. The first-order valence-corrected chi connectivity index (χ1v) is 6.05. The van der Waals surface area contributed by atoms with Gasteiger partial charge in [0.2, 0.25) is 0 Å². The summed E-state index contributed by atoms with van der Waals surface area (Å²) in [6, 6.07) is 12.1. The molecule has 0 fully saturated rings. The molecule has 0 aliphatic heterocycles. The van der Waals surface area contributed by atoms with Crippen molar-refractivity contribution in [2.24, 2.45) is 0 Å². The maximum atomic E-state index is 4.53. The number of aromatic amines is 1. The van der Waals surface area contributed by atoms with E-state index in [1.54, 1.807) is 12.4 Å². The zero-order chi connectivity index (χ0) is 12.7. The molecule has 1 aromatic carbocycles. The zero-order valence-electron chi connectivity index (χ0n) is 10.0. The average Bonchev–Trinajstić information content (AvgIpc) is 2.90. The van der Waals surface area contributed by atoms with Gasteiger partial charge in [0.1, 0.15) is 5.69 Å². The molecule has 4 aromatic rings. The molecule has 0 spiro atoms. The van der Waals surface area contributed by atoms with Crippen LogP contribution in [0.2, 0.25) is 0 Å². The van der Waals surface area contributed by atoms with Gasteiger partial charge in [-0.3, -0.25) is 9.97 Å². The summed E-state index contributed by atoms with van der Waals surface area (Å²) in [5, 5.41) is 2.29. The Kier molecular flexibility index (Phi) is 2.08. The van der Waals surface area contributed by atoms with Crippen molar-refractivity contribution in [3.05, 3.63) is 55.0 Å². The van der Waals surface area contributed by atoms with Gasteiger partial charge in [-0.25, -0.2) is 4.98 Å². The van der Waals surface area contributed by atoms with Gasteiger partial charge in [0.25, 0.3) is 0 Å². The predicted molar refractivity (Wildman–Crippen MR) is 74.6 cm³/mol. The molecule has 0 aliphatic carbocycles. The van der Waals surface area contributed by atoms with Crippen LogP contribution in [0.4, 0.5) is 0 Å². The fraction of sp³-hybridized carbons (Fsp3) is 0. The highest BCUT2D eigenvalue weighted by Crippen LogP contribution is 2.21. The second kappa shape index (κ2) is 3.88. The summed E-state index contributed by atoms with van der Waals surface area (Å²) in [6.07, 6.45) is 5.38. The number of hydrogen-bond donors (Lipinski definition) is 1. The number of pyridine rings is 2. The molecule has 1 N–H and O–H groups in total. The minimum atomic E-state index is 0.772. The Bertz CT molecular complexity index is 846. The van der Waals surface area contributed by atoms with E-state index in [2.05, 4.69) is 32.1 Å². The van der Waals surface area contributed by atoms with Crippen molar-refractivity contribution in [3.63, 3.8) is 0 Å². The minimum absolute atomic E-state index is 0.772. The molecule has 90 valence electrons. The number of nitrogens with one attached hydrogen (secondary N) is 1. The van der Waals surface area contributed by atoms with E-state index in [1.807, 2.05) is 30.5 Å². The van der Waals surface area contributed by atoms with Crippen LogP contribution in [-0.2, 0) is 0 Å². The van der Waals surface area contributed by atoms with E-state index in [-0.39, 0.29) is 0 Å². The third kappa shape index (κ3) is 1.65. The minimum Gasteiger partial charge on any atom is -0.335 e. The van der Waals surface area contributed by atoms with Crippen LogP contribution < -0.4 is 0 Å². The third-order valence-corrected chi connectivity index (χ3v) is 3.16. The van der Waals surface area contributed by atoms with Gasteiger partial charge in [0.05, 0.1) is 17.2 Å². The molecule has 0 atom stereocenters. The number of aromatic nitrogens is 4. The fourth-order valence-corrected chi connectivity index (χ4v) is 2.19. The molecular formula is C15H10N4. The van der Waals surface area contributed by atoms with Crippen LogP contribution in [0.3, 0.4) is 0 Å². The van der Waals surface area contributed by atoms with Crippen molar-refractivity contribution >= 4 is 21.8 Å². The number of nitrogens with zero attached hydrogens (tertiary/aromatic N) is 3. The quantitative estimate of drug-likeness (QED) is 0.561. The van der Waals surface area contributed by atoms with Crippen molar-refractivity contribution in [3.8, 4) is 11.5 Å². The molecule has 0 unspecified atom stereocenters. The Morgan fingerprint density at radius 3 is 2.74 bits per heavy atom. The maximum absolute atomic E-state index is 4.53. The fourth-order valence-electron chi connectivity index (χ4n) is 2.19. The Morgan fingerprint density at radius 1 is 0.947 bits per heavy atom. The van der Waals surface area contributed by atoms with Gasteiger partial charge in [-0.05, 0) is 17.5 Å². The predicted octanol–water partition coefficient (Wildman–Crippen LogP) is 3.17. The van der Waals surface area contributed by atoms with Crippen molar-refractivity contribution in [2.75, 3.05) is 0 Å². The topological polar surface area (TPSA) is 54.5 Å². The van der Waals surface area contributed by atoms with Crippen LogP contribution in [0, 0.1) is 0 Å². The second-order valence-corrected chi connectivity index (χ2v) is 4.39. The molecule has 3 aromatic heterocycles. The number of fused-ring (bicyclic) bond motifs is 2. The van der Waals surface area contributed by atoms with Crippen molar-refractivity contribution < 1.29 is 0 Å². The Balaban J connectivity index is 1.93. The van der Waals surface area contributed by atoms with Crippen LogP contribution in [0.1, 0.15) is 0 Å². The molecule has 0 bridgehead atoms. The van der Waals surface area contributed by atoms with Crippen molar-refractivity contribution in [2.45, 2.75) is 0 Å². The summed E-state index contributed by atoms with van der Waals surface area (Å²) in [4.78, 5) is 16.3. The Hall–Kier alpha value is -2.75. The molecule has 0 aliphatic rings. The highest BCUT2D eigenvalue weighted by molar-refractivity contribution is 5.85. The molecule has 0 saturated carbocycles. The summed E-state index contributed by atoms with van der Waals surface area (Å²) in [7, 11) is 0. The van der Waals surface area contributed by atoms with E-state index in [1.165, 1.54) is 0 Å². The van der Waals surface area contributed by atoms with Gasteiger partial charge in [0.15, 0.2) is 5.82 Å². The zero-order valence-corrected chi connectivity index (χ0v) is 10.0. The molecule has 19 heavy (non-hydrogen) atoms. The van der Waals surface area contributed by atoms with E-state index >= 15 is 0 Å². The standard InChI is InChI=1S/C15H10N4/c1-2-4-11-8-17-13(7-10(11)3-1)15-18-12-5-6-16-9-14(12)19-15/h1-9H,(H,18,19). The molecule has 4 nitrogen and oxygen atoms in total. The van der Waals surface area contributed by atoms with Gasteiger partial charge >= 0.3 is 0 Å². The van der Waals surface area contributed by atoms with Gasteiger partial charge in [-0.15, -0.1) is 0 Å². The van der Waals surface area contributed by atoms with E-state index in [9.17, 15) is 0 Å². The van der Waals surface area contributed by atoms with Gasteiger partial charge in [-0.2, -0.15) is 0 Å². The second-order valence-electron chi connectivity index (χ2n) is 4.39. The van der Waals surface area contributed by atoms with Crippen LogP contribution >= 0.6 is 0 Å². The number of benzene rings is 1. The lowest BCUT2D eigenvalue weighted by molar-refractivity contribution is 1.25. The van der Waals surface area contributed by atoms with Crippen molar-refractivity contribution in [1.29, 1.82) is 0 Å². The number of rotatable bonds is 1.